The Bertz CT molecular complexity index is 622. The first-order valence-corrected chi connectivity index (χ1v) is 8.48. The Morgan fingerprint density at radius 1 is 1.08 bits per heavy atom. The van der Waals surface area contributed by atoms with Gasteiger partial charge in [-0.25, -0.2) is 0 Å². The first kappa shape index (κ1) is 17.2. The Labute approximate surface area is 148 Å². The Morgan fingerprint density at radius 3 is 2.33 bits per heavy atom. The second-order valence-electron chi connectivity index (χ2n) is 7.16. The molecule has 1 aromatic rings. The maximum absolute atomic E-state index is 12.8. The van der Waals surface area contributed by atoms with Crippen LogP contribution in [0.2, 0.25) is 0 Å². The van der Waals surface area contributed by atoms with Crippen LogP contribution < -0.4 is 10.2 Å². The van der Waals surface area contributed by atoms with E-state index in [2.05, 4.69) is 5.32 Å². The van der Waals surface area contributed by atoms with Crippen molar-refractivity contribution in [2.75, 3.05) is 37.6 Å². The number of benzene rings is 1. The number of anilines is 1. The van der Waals surface area contributed by atoms with Crippen molar-refractivity contribution in [1.29, 1.82) is 0 Å². The van der Waals surface area contributed by atoms with Gasteiger partial charge in [-0.15, -0.1) is 12.4 Å². The first-order chi connectivity index (χ1) is 11.1. The number of halogens is 1. The van der Waals surface area contributed by atoms with Gasteiger partial charge in [0.2, 0.25) is 11.8 Å². The van der Waals surface area contributed by atoms with Gasteiger partial charge in [0.25, 0.3) is 0 Å². The van der Waals surface area contributed by atoms with Gasteiger partial charge in [-0.05, 0) is 30.9 Å². The molecule has 3 atom stereocenters. The van der Waals surface area contributed by atoms with E-state index in [9.17, 15) is 9.59 Å². The van der Waals surface area contributed by atoms with Crippen molar-refractivity contribution in [3.63, 3.8) is 0 Å². The molecule has 2 amide bonds. The van der Waals surface area contributed by atoms with E-state index < -0.39 is 0 Å². The van der Waals surface area contributed by atoms with Crippen LogP contribution in [0.1, 0.15) is 12.0 Å². The molecule has 0 aromatic heterocycles. The molecule has 0 saturated carbocycles. The summed E-state index contributed by atoms with van der Waals surface area (Å²) in [6, 6.07) is 7.94. The first-order valence-electron chi connectivity index (χ1n) is 8.48. The third-order valence-electron chi connectivity index (χ3n) is 5.52. The van der Waals surface area contributed by atoms with Gasteiger partial charge in [0.1, 0.15) is 0 Å². The molecule has 3 heterocycles. The highest BCUT2D eigenvalue weighted by Crippen LogP contribution is 2.31. The molecule has 130 valence electrons. The molecule has 0 bridgehead atoms. The van der Waals surface area contributed by atoms with Gasteiger partial charge in [-0.2, -0.15) is 0 Å². The van der Waals surface area contributed by atoms with Crippen molar-refractivity contribution in [2.24, 2.45) is 17.8 Å². The van der Waals surface area contributed by atoms with E-state index in [1.54, 1.807) is 4.90 Å². The monoisotopic (exact) mass is 349 g/mol. The van der Waals surface area contributed by atoms with Crippen LogP contribution in [-0.4, -0.2) is 49.4 Å². The molecule has 1 unspecified atom stereocenters. The van der Waals surface area contributed by atoms with Crippen molar-refractivity contribution in [3.8, 4) is 0 Å². The van der Waals surface area contributed by atoms with Gasteiger partial charge < -0.3 is 15.1 Å². The summed E-state index contributed by atoms with van der Waals surface area (Å²) < 4.78 is 0. The number of likely N-dealkylation sites (tertiary alicyclic amines) is 1. The van der Waals surface area contributed by atoms with Crippen LogP contribution in [0.4, 0.5) is 5.69 Å². The number of nitrogens with zero attached hydrogens (tertiary/aromatic N) is 2. The smallest absolute Gasteiger partial charge is 0.228 e. The van der Waals surface area contributed by atoms with Crippen LogP contribution in [0.15, 0.2) is 24.3 Å². The van der Waals surface area contributed by atoms with E-state index in [-0.39, 0.29) is 30.1 Å². The molecule has 6 heteroatoms. The van der Waals surface area contributed by atoms with Gasteiger partial charge in [-0.1, -0.05) is 17.7 Å². The van der Waals surface area contributed by atoms with Crippen LogP contribution >= 0.6 is 12.4 Å². The van der Waals surface area contributed by atoms with E-state index in [0.717, 1.165) is 31.9 Å². The fourth-order valence-electron chi connectivity index (χ4n) is 4.14. The lowest BCUT2D eigenvalue weighted by atomic mass is 10.0. The number of nitrogens with one attached hydrogen (secondary N) is 1. The number of aryl methyl sites for hydroxylation is 1. The highest BCUT2D eigenvalue weighted by atomic mass is 35.5. The van der Waals surface area contributed by atoms with Crippen LogP contribution in [0.25, 0.3) is 0 Å². The minimum absolute atomic E-state index is 0. The number of amides is 2. The summed E-state index contributed by atoms with van der Waals surface area (Å²) in [6.07, 6.45) is 0.344. The second-order valence-corrected chi connectivity index (χ2v) is 7.16. The molecule has 3 fully saturated rings. The Hall–Kier alpha value is -1.59. The summed E-state index contributed by atoms with van der Waals surface area (Å²) in [7, 11) is 0. The van der Waals surface area contributed by atoms with Crippen LogP contribution in [0.5, 0.6) is 0 Å². The molecule has 1 aromatic carbocycles. The third kappa shape index (κ3) is 3.03. The van der Waals surface area contributed by atoms with Gasteiger partial charge in [0.15, 0.2) is 0 Å². The Balaban J connectivity index is 0.00000169. The number of hydrogen-bond donors (Lipinski definition) is 1. The summed E-state index contributed by atoms with van der Waals surface area (Å²) in [5.41, 5.74) is 2.07. The zero-order valence-electron chi connectivity index (χ0n) is 13.9. The predicted molar refractivity (Wildman–Crippen MR) is 95.3 cm³/mol. The minimum atomic E-state index is -0.185. The van der Waals surface area contributed by atoms with E-state index >= 15 is 0 Å². The topological polar surface area (TPSA) is 52.7 Å². The van der Waals surface area contributed by atoms with Gasteiger partial charge >= 0.3 is 0 Å². The average molecular weight is 350 g/mol. The van der Waals surface area contributed by atoms with Crippen molar-refractivity contribution in [1.82, 2.24) is 10.2 Å². The number of hydrogen-bond acceptors (Lipinski definition) is 3. The molecular weight excluding hydrogens is 326 g/mol. The second kappa shape index (κ2) is 6.73. The highest BCUT2D eigenvalue weighted by molar-refractivity contribution is 6.00. The number of rotatable bonds is 2. The molecule has 0 radical (unpaired) electrons. The largest absolute Gasteiger partial charge is 0.342 e. The average Bonchev–Trinajstić information content (AvgIpc) is 3.21. The van der Waals surface area contributed by atoms with Crippen LogP contribution in [0, 0.1) is 24.7 Å². The number of carbonyl (C=O) groups excluding carboxylic acids is 2. The summed E-state index contributed by atoms with van der Waals surface area (Å²) in [5, 5.41) is 3.39. The van der Waals surface area contributed by atoms with Crippen molar-refractivity contribution in [2.45, 2.75) is 13.3 Å². The highest BCUT2D eigenvalue weighted by Gasteiger charge is 2.43. The predicted octanol–water partition coefficient (Wildman–Crippen LogP) is 1.45. The summed E-state index contributed by atoms with van der Waals surface area (Å²) >= 11 is 0. The molecule has 1 N–H and O–H groups in total. The summed E-state index contributed by atoms with van der Waals surface area (Å²) in [5.74, 6) is 1.25. The zero-order chi connectivity index (χ0) is 16.0. The molecule has 4 rings (SSSR count). The summed E-state index contributed by atoms with van der Waals surface area (Å²) in [4.78, 5) is 28.9. The van der Waals surface area contributed by atoms with E-state index in [1.165, 1.54) is 5.56 Å². The lowest BCUT2D eigenvalue weighted by molar-refractivity contribution is -0.135. The zero-order valence-corrected chi connectivity index (χ0v) is 14.7. The van der Waals surface area contributed by atoms with E-state index in [4.69, 9.17) is 0 Å². The lowest BCUT2D eigenvalue weighted by Gasteiger charge is -2.22. The molecule has 3 aliphatic rings. The normalized spacial score (nSPS) is 28.9. The molecule has 3 aliphatic heterocycles. The molecular formula is C18H24ClN3O2. The van der Waals surface area contributed by atoms with Crippen LogP contribution in [-0.2, 0) is 9.59 Å². The van der Waals surface area contributed by atoms with E-state index in [0.29, 0.717) is 24.8 Å². The van der Waals surface area contributed by atoms with Gasteiger partial charge in [0, 0.05) is 44.8 Å². The fourth-order valence-corrected chi connectivity index (χ4v) is 4.14. The van der Waals surface area contributed by atoms with E-state index in [1.807, 2.05) is 36.1 Å². The lowest BCUT2D eigenvalue weighted by Crippen LogP contribution is -2.37. The molecule has 0 spiro atoms. The fraction of sp³-hybridized carbons (Fsp3) is 0.556. The quantitative estimate of drug-likeness (QED) is 0.879. The van der Waals surface area contributed by atoms with Crippen molar-refractivity contribution in [3.05, 3.63) is 29.8 Å². The number of carbonyl (C=O) groups is 2. The maximum atomic E-state index is 12.8. The molecule has 3 saturated heterocycles. The molecule has 5 nitrogen and oxygen atoms in total. The third-order valence-corrected chi connectivity index (χ3v) is 5.52. The Morgan fingerprint density at radius 2 is 1.71 bits per heavy atom. The minimum Gasteiger partial charge on any atom is -0.342 e. The molecule has 0 aliphatic carbocycles. The van der Waals surface area contributed by atoms with Crippen molar-refractivity contribution >= 4 is 29.9 Å². The maximum Gasteiger partial charge on any atom is 0.228 e. The number of fused-ring (bicyclic) bond motifs is 1. The van der Waals surface area contributed by atoms with Crippen LogP contribution in [0.3, 0.4) is 0 Å². The van der Waals surface area contributed by atoms with Crippen molar-refractivity contribution < 1.29 is 9.59 Å². The Kier molecular flexibility index (Phi) is 4.83. The van der Waals surface area contributed by atoms with Gasteiger partial charge in [0.05, 0.1) is 5.92 Å². The standard InChI is InChI=1S/C18H23N3O2.ClH/c1-12-2-4-16(5-3-12)21-11-13(6-17(21)22)18(23)20-9-14-7-19-8-15(14)10-20;/h2-5,13-15,19H,6-11H2,1H3;1H/t13?,14-,15+;. The SMILES string of the molecule is Cc1ccc(N2CC(C(=O)N3C[C@H]4CNC[C@H]4C3)CC2=O)cc1.Cl. The van der Waals surface area contributed by atoms with Gasteiger partial charge in [-0.3, -0.25) is 9.59 Å². The molecule has 24 heavy (non-hydrogen) atoms. The summed E-state index contributed by atoms with van der Waals surface area (Å²) in [6.45, 7) is 6.30.